The minimum absolute atomic E-state index is 0.416. The van der Waals surface area contributed by atoms with Crippen LogP contribution < -0.4 is 10.6 Å². The van der Waals surface area contributed by atoms with E-state index in [0.29, 0.717) is 35.3 Å². The van der Waals surface area contributed by atoms with E-state index in [0.717, 1.165) is 5.56 Å². The summed E-state index contributed by atoms with van der Waals surface area (Å²) in [5.41, 5.74) is 1.93. The Kier molecular flexibility index (Phi) is 5.79. The third-order valence-corrected chi connectivity index (χ3v) is 3.78. The minimum atomic E-state index is -0.416. The van der Waals surface area contributed by atoms with E-state index in [-0.39, 0.29) is 0 Å². The largest absolute Gasteiger partial charge is 0.465 e. The highest BCUT2D eigenvalue weighted by molar-refractivity contribution is 5.96. The summed E-state index contributed by atoms with van der Waals surface area (Å²) in [5, 5.41) is 6.38. The summed E-state index contributed by atoms with van der Waals surface area (Å²) in [6.45, 7) is 4.29. The summed E-state index contributed by atoms with van der Waals surface area (Å²) in [7, 11) is 1.36. The van der Waals surface area contributed by atoms with Crippen LogP contribution in [0.4, 0.5) is 17.3 Å². The topological polar surface area (TPSA) is 76.1 Å². The molecule has 3 rings (SSSR count). The normalized spacial score (nSPS) is 10.1. The lowest BCUT2D eigenvalue weighted by molar-refractivity contribution is 0.0602. The molecule has 0 bridgehead atoms. The number of ether oxygens (including phenoxy) is 1. The van der Waals surface area contributed by atoms with Crippen molar-refractivity contribution < 1.29 is 9.53 Å². The van der Waals surface area contributed by atoms with Crippen molar-refractivity contribution in [1.29, 1.82) is 0 Å². The molecule has 2 aromatic carbocycles. The molecular formula is C21H20N4O2. The average Bonchev–Trinajstić information content (AvgIpc) is 2.72. The van der Waals surface area contributed by atoms with Gasteiger partial charge in [-0.25, -0.2) is 14.8 Å². The maximum atomic E-state index is 12.0. The number of aromatic nitrogens is 2. The van der Waals surface area contributed by atoms with Crippen LogP contribution in [0.2, 0.25) is 0 Å². The van der Waals surface area contributed by atoms with Crippen LogP contribution in [0, 0.1) is 0 Å². The van der Waals surface area contributed by atoms with E-state index < -0.39 is 5.97 Å². The first-order valence-corrected chi connectivity index (χ1v) is 8.45. The van der Waals surface area contributed by atoms with Crippen LogP contribution in [0.5, 0.6) is 0 Å². The number of nitrogens with one attached hydrogen (secondary N) is 2. The standard InChI is InChI=1S/C21H20N4O2/c1-3-13-22-18-14-19(25-20(24-18)15-9-5-4-6-10-15)23-17-12-8-7-11-16(17)21(26)27-2/h3-12,14H,1,13H2,2H3,(H2,22,23,24,25). The Labute approximate surface area is 157 Å². The van der Waals surface area contributed by atoms with Crippen LogP contribution in [0.15, 0.2) is 73.3 Å². The van der Waals surface area contributed by atoms with E-state index >= 15 is 0 Å². The first-order chi connectivity index (χ1) is 13.2. The third-order valence-electron chi connectivity index (χ3n) is 3.78. The van der Waals surface area contributed by atoms with Crippen molar-refractivity contribution in [2.75, 3.05) is 24.3 Å². The van der Waals surface area contributed by atoms with E-state index in [9.17, 15) is 4.79 Å². The number of esters is 1. The van der Waals surface area contributed by atoms with Gasteiger partial charge in [-0.05, 0) is 12.1 Å². The number of methoxy groups -OCH3 is 1. The Hall–Kier alpha value is -3.67. The Balaban J connectivity index is 2.00. The number of hydrogen-bond acceptors (Lipinski definition) is 6. The van der Waals surface area contributed by atoms with Crippen molar-refractivity contribution in [1.82, 2.24) is 9.97 Å². The van der Waals surface area contributed by atoms with Gasteiger partial charge >= 0.3 is 5.97 Å². The van der Waals surface area contributed by atoms with E-state index in [4.69, 9.17) is 4.74 Å². The predicted octanol–water partition coefficient (Wildman–Crippen LogP) is 4.27. The number of benzene rings is 2. The molecule has 136 valence electrons. The molecule has 27 heavy (non-hydrogen) atoms. The average molecular weight is 360 g/mol. The Morgan fingerprint density at radius 3 is 2.52 bits per heavy atom. The third kappa shape index (κ3) is 4.49. The molecule has 0 fully saturated rings. The Bertz CT molecular complexity index is 942. The van der Waals surface area contributed by atoms with E-state index in [2.05, 4.69) is 27.2 Å². The fraction of sp³-hybridized carbons (Fsp3) is 0.0952. The van der Waals surface area contributed by atoms with Gasteiger partial charge in [-0.15, -0.1) is 6.58 Å². The molecule has 3 aromatic rings. The van der Waals surface area contributed by atoms with Gasteiger partial charge in [-0.2, -0.15) is 0 Å². The summed E-state index contributed by atoms with van der Waals surface area (Å²) in [4.78, 5) is 21.2. The van der Waals surface area contributed by atoms with Crippen LogP contribution in [-0.4, -0.2) is 29.6 Å². The fourth-order valence-electron chi connectivity index (χ4n) is 2.51. The quantitative estimate of drug-likeness (QED) is 0.484. The number of hydrogen-bond donors (Lipinski definition) is 2. The van der Waals surface area contributed by atoms with Crippen LogP contribution in [-0.2, 0) is 4.74 Å². The highest BCUT2D eigenvalue weighted by atomic mass is 16.5. The highest BCUT2D eigenvalue weighted by Crippen LogP contribution is 2.25. The lowest BCUT2D eigenvalue weighted by Gasteiger charge is -2.13. The number of carbonyl (C=O) groups is 1. The zero-order valence-corrected chi connectivity index (χ0v) is 15.0. The first kappa shape index (κ1) is 18.1. The number of anilines is 3. The molecular weight excluding hydrogens is 340 g/mol. The van der Waals surface area contributed by atoms with Gasteiger partial charge in [0.1, 0.15) is 11.6 Å². The second-order valence-electron chi connectivity index (χ2n) is 5.66. The van der Waals surface area contributed by atoms with Crippen molar-refractivity contribution in [3.63, 3.8) is 0 Å². The molecule has 6 heteroatoms. The van der Waals surface area contributed by atoms with Gasteiger partial charge in [0.25, 0.3) is 0 Å². The maximum absolute atomic E-state index is 12.0. The summed E-state index contributed by atoms with van der Waals surface area (Å²) in [6.07, 6.45) is 1.75. The van der Waals surface area contributed by atoms with Gasteiger partial charge in [0, 0.05) is 18.2 Å². The Morgan fingerprint density at radius 1 is 1.07 bits per heavy atom. The summed E-state index contributed by atoms with van der Waals surface area (Å²) >= 11 is 0. The smallest absolute Gasteiger partial charge is 0.339 e. The second kappa shape index (κ2) is 8.62. The van der Waals surface area contributed by atoms with Gasteiger partial charge in [0.15, 0.2) is 5.82 Å². The predicted molar refractivity (Wildman–Crippen MR) is 107 cm³/mol. The van der Waals surface area contributed by atoms with Gasteiger partial charge in [0.05, 0.1) is 18.4 Å². The SMILES string of the molecule is C=CCNc1cc(Nc2ccccc2C(=O)OC)nc(-c2ccccc2)n1. The maximum Gasteiger partial charge on any atom is 0.339 e. The molecule has 0 atom stereocenters. The van der Waals surface area contributed by atoms with Gasteiger partial charge in [-0.3, -0.25) is 0 Å². The molecule has 0 aliphatic heterocycles. The molecule has 0 aliphatic rings. The highest BCUT2D eigenvalue weighted by Gasteiger charge is 2.13. The van der Waals surface area contributed by atoms with Crippen molar-refractivity contribution in [2.45, 2.75) is 0 Å². The van der Waals surface area contributed by atoms with Gasteiger partial charge in [0.2, 0.25) is 0 Å². The van der Waals surface area contributed by atoms with Crippen molar-refractivity contribution in [2.24, 2.45) is 0 Å². The van der Waals surface area contributed by atoms with Gasteiger partial charge in [-0.1, -0.05) is 48.5 Å². The number of carbonyl (C=O) groups excluding carboxylic acids is 1. The van der Waals surface area contributed by atoms with Crippen molar-refractivity contribution in [3.05, 3.63) is 78.9 Å². The lowest BCUT2D eigenvalue weighted by atomic mass is 10.2. The van der Waals surface area contributed by atoms with E-state index in [1.807, 2.05) is 36.4 Å². The molecule has 0 spiro atoms. The van der Waals surface area contributed by atoms with Gasteiger partial charge < -0.3 is 15.4 Å². The Morgan fingerprint density at radius 2 is 1.78 bits per heavy atom. The second-order valence-corrected chi connectivity index (χ2v) is 5.66. The molecule has 2 N–H and O–H groups in total. The monoisotopic (exact) mass is 360 g/mol. The summed E-state index contributed by atoms with van der Waals surface area (Å²) in [6, 6.07) is 18.6. The van der Waals surface area contributed by atoms with Crippen LogP contribution in [0.25, 0.3) is 11.4 Å². The van der Waals surface area contributed by atoms with Crippen LogP contribution >= 0.6 is 0 Å². The minimum Gasteiger partial charge on any atom is -0.465 e. The molecule has 6 nitrogen and oxygen atoms in total. The van der Waals surface area contributed by atoms with Crippen LogP contribution in [0.1, 0.15) is 10.4 Å². The van der Waals surface area contributed by atoms with Crippen LogP contribution in [0.3, 0.4) is 0 Å². The number of rotatable bonds is 7. The van der Waals surface area contributed by atoms with Crippen molar-refractivity contribution >= 4 is 23.3 Å². The molecule has 0 aliphatic carbocycles. The molecule has 1 aromatic heterocycles. The van der Waals surface area contributed by atoms with E-state index in [1.54, 1.807) is 30.3 Å². The molecule has 1 heterocycles. The molecule has 0 unspecified atom stereocenters. The zero-order valence-electron chi connectivity index (χ0n) is 15.0. The molecule has 0 saturated carbocycles. The number of para-hydroxylation sites is 1. The molecule has 0 amide bonds. The van der Waals surface area contributed by atoms with Crippen molar-refractivity contribution in [3.8, 4) is 11.4 Å². The lowest BCUT2D eigenvalue weighted by Crippen LogP contribution is -2.08. The zero-order chi connectivity index (χ0) is 19.1. The number of nitrogens with zero attached hydrogens (tertiary/aromatic N) is 2. The summed E-state index contributed by atoms with van der Waals surface area (Å²) in [5.74, 6) is 1.37. The fourth-order valence-corrected chi connectivity index (χ4v) is 2.51. The molecule has 0 saturated heterocycles. The molecule has 0 radical (unpaired) electrons. The van der Waals surface area contributed by atoms with E-state index in [1.165, 1.54) is 7.11 Å². The first-order valence-electron chi connectivity index (χ1n) is 8.45. The summed E-state index contributed by atoms with van der Waals surface area (Å²) < 4.78 is 4.85.